The maximum absolute atomic E-state index is 11.9. The van der Waals surface area contributed by atoms with Crippen LogP contribution in [0.2, 0.25) is 5.02 Å². The lowest BCUT2D eigenvalue weighted by Crippen LogP contribution is -2.29. The van der Waals surface area contributed by atoms with E-state index in [1.165, 1.54) is 5.57 Å². The highest BCUT2D eigenvalue weighted by atomic mass is 79.9. The smallest absolute Gasteiger partial charge is 0.251 e. The molecule has 0 saturated heterocycles. The molecular weight excluding hydrogens is 351 g/mol. The van der Waals surface area contributed by atoms with Crippen LogP contribution in [0.1, 0.15) is 16.8 Å². The van der Waals surface area contributed by atoms with E-state index in [4.69, 9.17) is 11.6 Å². The van der Waals surface area contributed by atoms with Gasteiger partial charge in [0.05, 0.1) is 5.02 Å². The maximum atomic E-state index is 11.9. The zero-order valence-electron chi connectivity index (χ0n) is 10.2. The van der Waals surface area contributed by atoms with Gasteiger partial charge in [-0.25, -0.2) is 0 Å². The van der Waals surface area contributed by atoms with E-state index in [2.05, 4.69) is 32.6 Å². The molecule has 0 bridgehead atoms. The molecule has 0 aromatic heterocycles. The molecule has 2 rings (SSSR count). The van der Waals surface area contributed by atoms with Gasteiger partial charge in [-0.15, -0.1) is 12.4 Å². The van der Waals surface area contributed by atoms with Gasteiger partial charge in [-0.1, -0.05) is 23.3 Å². The summed E-state index contributed by atoms with van der Waals surface area (Å²) in [5, 5.41) is 6.69. The summed E-state index contributed by atoms with van der Waals surface area (Å²) < 4.78 is 0.793. The summed E-state index contributed by atoms with van der Waals surface area (Å²) in [5.41, 5.74) is 1.85. The van der Waals surface area contributed by atoms with Crippen molar-refractivity contribution in [3.05, 3.63) is 44.9 Å². The minimum atomic E-state index is -0.0937. The predicted molar refractivity (Wildman–Crippen MR) is 84.3 cm³/mol. The lowest BCUT2D eigenvalue weighted by molar-refractivity contribution is 0.0956. The third kappa shape index (κ3) is 4.80. The Bertz CT molecular complexity index is 492. The summed E-state index contributed by atoms with van der Waals surface area (Å²) in [4.78, 5) is 11.9. The summed E-state index contributed by atoms with van der Waals surface area (Å²) in [7, 11) is 0. The third-order valence-corrected chi connectivity index (χ3v) is 4.05. The molecule has 0 fully saturated rings. The Morgan fingerprint density at radius 1 is 1.47 bits per heavy atom. The number of carbonyl (C=O) groups is 1. The fraction of sp³-hybridized carbons (Fsp3) is 0.308. The van der Waals surface area contributed by atoms with Crippen molar-refractivity contribution in [1.29, 1.82) is 0 Å². The first-order valence-corrected chi connectivity index (χ1v) is 6.96. The standard InChI is InChI=1S/C13H14BrClN2O.ClH/c14-11-2-1-10(7-12(11)15)13(18)17-8-9-3-5-16-6-4-9;/h1-3,7,16H,4-6,8H2,(H,17,18);1H. The second kappa shape index (κ2) is 7.90. The quantitative estimate of drug-likeness (QED) is 0.807. The van der Waals surface area contributed by atoms with E-state index in [0.717, 1.165) is 24.0 Å². The van der Waals surface area contributed by atoms with Crippen LogP contribution in [0.25, 0.3) is 0 Å². The molecule has 0 saturated carbocycles. The number of halogens is 3. The van der Waals surface area contributed by atoms with Gasteiger partial charge in [0, 0.05) is 23.1 Å². The van der Waals surface area contributed by atoms with Crippen molar-refractivity contribution in [2.45, 2.75) is 6.42 Å². The Balaban J connectivity index is 0.00000180. The average molecular weight is 366 g/mol. The molecule has 104 valence electrons. The number of benzene rings is 1. The molecule has 1 heterocycles. The van der Waals surface area contributed by atoms with Gasteiger partial charge >= 0.3 is 0 Å². The van der Waals surface area contributed by atoms with E-state index in [1.54, 1.807) is 18.2 Å². The molecule has 2 N–H and O–H groups in total. The van der Waals surface area contributed by atoms with E-state index >= 15 is 0 Å². The number of nitrogens with one attached hydrogen (secondary N) is 2. The van der Waals surface area contributed by atoms with Gasteiger partial charge in [0.15, 0.2) is 0 Å². The van der Waals surface area contributed by atoms with Gasteiger partial charge in [0.2, 0.25) is 0 Å². The zero-order valence-corrected chi connectivity index (χ0v) is 13.4. The van der Waals surface area contributed by atoms with Crippen molar-refractivity contribution >= 4 is 45.8 Å². The molecule has 1 aromatic carbocycles. The van der Waals surface area contributed by atoms with Gasteiger partial charge < -0.3 is 10.6 Å². The molecule has 0 spiro atoms. The molecule has 19 heavy (non-hydrogen) atoms. The van der Waals surface area contributed by atoms with Gasteiger partial charge in [0.1, 0.15) is 0 Å². The summed E-state index contributed by atoms with van der Waals surface area (Å²) in [6.07, 6.45) is 3.11. The number of hydrogen-bond acceptors (Lipinski definition) is 2. The minimum absolute atomic E-state index is 0. The molecule has 0 atom stereocenters. The van der Waals surface area contributed by atoms with Crippen molar-refractivity contribution in [1.82, 2.24) is 10.6 Å². The van der Waals surface area contributed by atoms with Crippen LogP contribution in [0.3, 0.4) is 0 Å². The van der Waals surface area contributed by atoms with Crippen LogP contribution < -0.4 is 10.6 Å². The molecule has 1 amide bonds. The van der Waals surface area contributed by atoms with Crippen LogP contribution in [0, 0.1) is 0 Å². The van der Waals surface area contributed by atoms with E-state index in [-0.39, 0.29) is 18.3 Å². The SMILES string of the molecule is Cl.O=C(NCC1=CCNCC1)c1ccc(Br)c(Cl)c1. The van der Waals surface area contributed by atoms with Crippen LogP contribution >= 0.6 is 39.9 Å². The first kappa shape index (κ1) is 16.5. The molecular formula is C13H15BrCl2N2O. The molecule has 0 unspecified atom stereocenters. The Hall–Kier alpha value is -0.550. The van der Waals surface area contributed by atoms with E-state index in [9.17, 15) is 4.79 Å². The lowest BCUT2D eigenvalue weighted by Gasteiger charge is -2.14. The van der Waals surface area contributed by atoms with Crippen molar-refractivity contribution in [2.75, 3.05) is 19.6 Å². The highest BCUT2D eigenvalue weighted by Crippen LogP contribution is 2.23. The van der Waals surface area contributed by atoms with Crippen LogP contribution in [-0.4, -0.2) is 25.5 Å². The summed E-state index contributed by atoms with van der Waals surface area (Å²) in [6.45, 7) is 2.47. The first-order valence-electron chi connectivity index (χ1n) is 5.78. The summed E-state index contributed by atoms with van der Waals surface area (Å²) >= 11 is 9.26. The van der Waals surface area contributed by atoms with E-state index in [1.807, 2.05) is 0 Å². The minimum Gasteiger partial charge on any atom is -0.348 e. The second-order valence-corrected chi connectivity index (χ2v) is 5.39. The van der Waals surface area contributed by atoms with Crippen LogP contribution in [-0.2, 0) is 0 Å². The van der Waals surface area contributed by atoms with Gasteiger partial charge in [0.25, 0.3) is 5.91 Å². The first-order chi connectivity index (χ1) is 8.66. The second-order valence-electron chi connectivity index (χ2n) is 4.13. The molecule has 1 aliphatic heterocycles. The van der Waals surface area contributed by atoms with Crippen LogP contribution in [0.15, 0.2) is 34.3 Å². The van der Waals surface area contributed by atoms with E-state index < -0.39 is 0 Å². The fourth-order valence-corrected chi connectivity index (χ4v) is 2.19. The Kier molecular flexibility index (Phi) is 6.86. The average Bonchev–Trinajstić information content (AvgIpc) is 2.40. The largest absolute Gasteiger partial charge is 0.348 e. The summed E-state index contributed by atoms with van der Waals surface area (Å²) in [6, 6.07) is 5.20. The van der Waals surface area contributed by atoms with E-state index in [0.29, 0.717) is 17.1 Å². The van der Waals surface area contributed by atoms with Crippen molar-refractivity contribution < 1.29 is 4.79 Å². The third-order valence-electron chi connectivity index (χ3n) is 2.82. The van der Waals surface area contributed by atoms with Crippen molar-refractivity contribution in [3.63, 3.8) is 0 Å². The number of hydrogen-bond donors (Lipinski definition) is 2. The number of rotatable bonds is 3. The molecule has 3 nitrogen and oxygen atoms in total. The normalized spacial score (nSPS) is 14.3. The maximum Gasteiger partial charge on any atom is 0.251 e. The van der Waals surface area contributed by atoms with Crippen LogP contribution in [0.5, 0.6) is 0 Å². The van der Waals surface area contributed by atoms with Crippen molar-refractivity contribution in [2.24, 2.45) is 0 Å². The topological polar surface area (TPSA) is 41.1 Å². The van der Waals surface area contributed by atoms with Gasteiger partial charge in [-0.3, -0.25) is 4.79 Å². The molecule has 6 heteroatoms. The number of carbonyl (C=O) groups excluding carboxylic acids is 1. The fourth-order valence-electron chi connectivity index (χ4n) is 1.76. The Labute approximate surface area is 132 Å². The van der Waals surface area contributed by atoms with Crippen LogP contribution in [0.4, 0.5) is 0 Å². The number of amides is 1. The monoisotopic (exact) mass is 364 g/mol. The highest BCUT2D eigenvalue weighted by molar-refractivity contribution is 9.10. The molecule has 0 radical (unpaired) electrons. The highest BCUT2D eigenvalue weighted by Gasteiger charge is 2.09. The lowest BCUT2D eigenvalue weighted by atomic mass is 10.1. The molecule has 1 aliphatic rings. The molecule has 0 aliphatic carbocycles. The zero-order chi connectivity index (χ0) is 13.0. The molecule has 1 aromatic rings. The summed E-state index contributed by atoms with van der Waals surface area (Å²) in [5.74, 6) is -0.0937. The Morgan fingerprint density at radius 3 is 2.89 bits per heavy atom. The van der Waals surface area contributed by atoms with Gasteiger partial charge in [-0.05, 0) is 47.1 Å². The predicted octanol–water partition coefficient (Wildman–Crippen LogP) is 3.17. The Morgan fingerprint density at radius 2 is 2.26 bits per heavy atom. The van der Waals surface area contributed by atoms with Crippen molar-refractivity contribution in [3.8, 4) is 0 Å². The van der Waals surface area contributed by atoms with Gasteiger partial charge in [-0.2, -0.15) is 0 Å².